The lowest BCUT2D eigenvalue weighted by Crippen LogP contribution is -2.32. The van der Waals surface area contributed by atoms with E-state index in [9.17, 15) is 0 Å². The van der Waals surface area contributed by atoms with Crippen LogP contribution in [0.5, 0.6) is 5.75 Å². The van der Waals surface area contributed by atoms with Gasteiger partial charge in [0.2, 0.25) is 0 Å². The molecule has 0 N–H and O–H groups in total. The Morgan fingerprint density at radius 3 is 2.65 bits per heavy atom. The highest BCUT2D eigenvalue weighted by molar-refractivity contribution is 5.20. The number of hydrogen-bond donors (Lipinski definition) is 0. The standard InChI is InChI=1S/C15H23NO/c1-13(14-9-10-14)16(2)11-6-12-17-15-7-4-3-5-8-15/h3-5,7-8,13-14H,6,9-12H2,1-2H3. The lowest BCUT2D eigenvalue weighted by Gasteiger charge is -2.24. The number of para-hydroxylation sites is 1. The monoisotopic (exact) mass is 233 g/mol. The second-order valence-electron chi connectivity index (χ2n) is 5.07. The van der Waals surface area contributed by atoms with E-state index in [1.807, 2.05) is 30.3 Å². The van der Waals surface area contributed by atoms with E-state index in [-0.39, 0.29) is 0 Å². The molecule has 1 atom stereocenters. The summed E-state index contributed by atoms with van der Waals surface area (Å²) in [6.07, 6.45) is 3.94. The minimum Gasteiger partial charge on any atom is -0.494 e. The molecular formula is C15H23NO. The van der Waals surface area contributed by atoms with Crippen molar-refractivity contribution in [1.82, 2.24) is 4.90 Å². The minimum absolute atomic E-state index is 0.742. The van der Waals surface area contributed by atoms with Crippen LogP contribution in [-0.2, 0) is 0 Å². The minimum atomic E-state index is 0.742. The van der Waals surface area contributed by atoms with Gasteiger partial charge < -0.3 is 9.64 Å². The van der Waals surface area contributed by atoms with Crippen LogP contribution in [0.4, 0.5) is 0 Å². The average molecular weight is 233 g/mol. The summed E-state index contributed by atoms with van der Waals surface area (Å²) in [6.45, 7) is 4.28. The Hall–Kier alpha value is -1.02. The van der Waals surface area contributed by atoms with Crippen LogP contribution in [0.2, 0.25) is 0 Å². The van der Waals surface area contributed by atoms with Crippen molar-refractivity contribution in [3.05, 3.63) is 30.3 Å². The van der Waals surface area contributed by atoms with Gasteiger partial charge in [-0.05, 0) is 51.3 Å². The Morgan fingerprint density at radius 2 is 2.00 bits per heavy atom. The summed E-state index contributed by atoms with van der Waals surface area (Å²) in [6, 6.07) is 10.8. The van der Waals surface area contributed by atoms with Gasteiger partial charge in [0.25, 0.3) is 0 Å². The molecule has 1 aliphatic rings. The molecule has 0 aromatic heterocycles. The van der Waals surface area contributed by atoms with E-state index in [1.54, 1.807) is 0 Å². The van der Waals surface area contributed by atoms with Crippen molar-refractivity contribution >= 4 is 0 Å². The quantitative estimate of drug-likeness (QED) is 0.671. The average Bonchev–Trinajstić information content (AvgIpc) is 3.19. The highest BCUT2D eigenvalue weighted by Gasteiger charge is 2.29. The molecular weight excluding hydrogens is 210 g/mol. The first-order chi connectivity index (χ1) is 8.27. The van der Waals surface area contributed by atoms with Gasteiger partial charge in [-0.25, -0.2) is 0 Å². The Kier molecular flexibility index (Phi) is 4.43. The zero-order chi connectivity index (χ0) is 12.1. The first-order valence-electron chi connectivity index (χ1n) is 6.65. The van der Waals surface area contributed by atoms with Gasteiger partial charge in [0.1, 0.15) is 5.75 Å². The van der Waals surface area contributed by atoms with E-state index >= 15 is 0 Å². The van der Waals surface area contributed by atoms with Gasteiger partial charge in [-0.2, -0.15) is 0 Å². The Labute approximate surface area is 105 Å². The third kappa shape index (κ3) is 4.04. The van der Waals surface area contributed by atoms with Gasteiger partial charge in [0.15, 0.2) is 0 Å². The molecule has 1 unspecified atom stereocenters. The maximum Gasteiger partial charge on any atom is 0.119 e. The van der Waals surface area contributed by atoms with Crippen LogP contribution in [0, 0.1) is 5.92 Å². The van der Waals surface area contributed by atoms with Gasteiger partial charge in [-0.3, -0.25) is 0 Å². The number of rotatable bonds is 7. The predicted octanol–water partition coefficient (Wildman–Crippen LogP) is 3.19. The molecule has 1 fully saturated rings. The molecule has 17 heavy (non-hydrogen) atoms. The summed E-state index contributed by atoms with van der Waals surface area (Å²) >= 11 is 0. The number of hydrogen-bond acceptors (Lipinski definition) is 2. The molecule has 0 spiro atoms. The van der Waals surface area contributed by atoms with E-state index in [0.29, 0.717) is 0 Å². The SMILES string of the molecule is CC(C1CC1)N(C)CCCOc1ccccc1. The van der Waals surface area contributed by atoms with E-state index in [1.165, 1.54) is 12.8 Å². The van der Waals surface area contributed by atoms with Crippen LogP contribution >= 0.6 is 0 Å². The lowest BCUT2D eigenvalue weighted by atomic mass is 10.2. The van der Waals surface area contributed by atoms with E-state index in [2.05, 4.69) is 18.9 Å². The van der Waals surface area contributed by atoms with Crippen LogP contribution in [0.25, 0.3) is 0 Å². The largest absolute Gasteiger partial charge is 0.494 e. The molecule has 1 aliphatic carbocycles. The number of ether oxygens (including phenoxy) is 1. The van der Waals surface area contributed by atoms with Gasteiger partial charge >= 0.3 is 0 Å². The zero-order valence-corrected chi connectivity index (χ0v) is 10.9. The summed E-state index contributed by atoms with van der Waals surface area (Å²) < 4.78 is 5.69. The highest BCUT2D eigenvalue weighted by Crippen LogP contribution is 2.34. The van der Waals surface area contributed by atoms with E-state index < -0.39 is 0 Å². The van der Waals surface area contributed by atoms with Crippen molar-refractivity contribution in [3.63, 3.8) is 0 Å². The van der Waals surface area contributed by atoms with Crippen molar-refractivity contribution in [1.29, 1.82) is 0 Å². The second kappa shape index (κ2) is 6.06. The van der Waals surface area contributed by atoms with Crippen LogP contribution in [0.3, 0.4) is 0 Å². The third-order valence-electron chi connectivity index (χ3n) is 3.67. The molecule has 1 aromatic rings. The lowest BCUT2D eigenvalue weighted by molar-refractivity contribution is 0.209. The number of benzene rings is 1. The van der Waals surface area contributed by atoms with Gasteiger partial charge in [-0.15, -0.1) is 0 Å². The fourth-order valence-electron chi connectivity index (χ4n) is 2.16. The first-order valence-corrected chi connectivity index (χ1v) is 6.65. The first kappa shape index (κ1) is 12.4. The fourth-order valence-corrected chi connectivity index (χ4v) is 2.16. The summed E-state index contributed by atoms with van der Waals surface area (Å²) in [5.74, 6) is 1.93. The van der Waals surface area contributed by atoms with Crippen LogP contribution in [0.15, 0.2) is 30.3 Å². The van der Waals surface area contributed by atoms with Crippen LogP contribution in [0.1, 0.15) is 26.2 Å². The molecule has 0 bridgehead atoms. The summed E-state index contributed by atoms with van der Waals surface area (Å²) in [4.78, 5) is 2.46. The zero-order valence-electron chi connectivity index (χ0n) is 10.9. The van der Waals surface area contributed by atoms with Gasteiger partial charge in [0.05, 0.1) is 6.61 Å². The smallest absolute Gasteiger partial charge is 0.119 e. The second-order valence-corrected chi connectivity index (χ2v) is 5.07. The van der Waals surface area contributed by atoms with E-state index in [0.717, 1.165) is 37.3 Å². The molecule has 2 nitrogen and oxygen atoms in total. The summed E-state index contributed by atoms with van der Waals surface area (Å²) in [5, 5.41) is 0. The Balaban J connectivity index is 1.59. The Bertz CT molecular complexity index is 321. The predicted molar refractivity (Wildman–Crippen MR) is 71.4 cm³/mol. The normalized spacial score (nSPS) is 17.1. The molecule has 1 saturated carbocycles. The molecule has 2 rings (SSSR count). The van der Waals surface area contributed by atoms with Gasteiger partial charge in [-0.1, -0.05) is 18.2 Å². The summed E-state index contributed by atoms with van der Waals surface area (Å²) in [7, 11) is 2.23. The van der Waals surface area contributed by atoms with Crippen molar-refractivity contribution in [2.45, 2.75) is 32.2 Å². The molecule has 94 valence electrons. The molecule has 0 aliphatic heterocycles. The van der Waals surface area contributed by atoms with Crippen molar-refractivity contribution in [2.24, 2.45) is 5.92 Å². The van der Waals surface area contributed by atoms with Crippen molar-refractivity contribution in [3.8, 4) is 5.75 Å². The Morgan fingerprint density at radius 1 is 1.29 bits per heavy atom. The van der Waals surface area contributed by atoms with Gasteiger partial charge in [0, 0.05) is 12.6 Å². The highest BCUT2D eigenvalue weighted by atomic mass is 16.5. The van der Waals surface area contributed by atoms with Crippen LogP contribution < -0.4 is 4.74 Å². The van der Waals surface area contributed by atoms with Crippen molar-refractivity contribution in [2.75, 3.05) is 20.2 Å². The third-order valence-corrected chi connectivity index (χ3v) is 3.67. The molecule has 1 aromatic carbocycles. The molecule has 0 heterocycles. The maximum absolute atomic E-state index is 5.69. The van der Waals surface area contributed by atoms with E-state index in [4.69, 9.17) is 4.74 Å². The maximum atomic E-state index is 5.69. The topological polar surface area (TPSA) is 12.5 Å². The fraction of sp³-hybridized carbons (Fsp3) is 0.600. The summed E-state index contributed by atoms with van der Waals surface area (Å²) in [5.41, 5.74) is 0. The van der Waals surface area contributed by atoms with Crippen LogP contribution in [-0.4, -0.2) is 31.1 Å². The van der Waals surface area contributed by atoms with Crippen molar-refractivity contribution < 1.29 is 4.74 Å². The molecule has 0 saturated heterocycles. The molecule has 0 amide bonds. The number of nitrogens with zero attached hydrogens (tertiary/aromatic N) is 1. The molecule has 0 radical (unpaired) electrons. The molecule has 2 heteroatoms.